The smallest absolute Gasteiger partial charge is 0.308 e. The summed E-state index contributed by atoms with van der Waals surface area (Å²) in [6, 6.07) is 12.5. The summed E-state index contributed by atoms with van der Waals surface area (Å²) in [7, 11) is 0. The number of likely N-dealkylation sites (tertiary alicyclic amines) is 1. The summed E-state index contributed by atoms with van der Waals surface area (Å²) >= 11 is 0. The number of ether oxygens (including phenoxy) is 2. The predicted molar refractivity (Wildman–Crippen MR) is 190 cm³/mol. The van der Waals surface area contributed by atoms with E-state index in [9.17, 15) is 14.7 Å². The molecule has 2 heterocycles. The molecule has 7 heteroatoms. The van der Waals surface area contributed by atoms with Gasteiger partial charge in [0, 0.05) is 54.6 Å². The Bertz CT molecular complexity index is 1460. The Morgan fingerprint density at radius 1 is 1.08 bits per heavy atom. The van der Waals surface area contributed by atoms with Crippen molar-refractivity contribution in [2.45, 2.75) is 140 Å². The van der Waals surface area contributed by atoms with Crippen molar-refractivity contribution in [1.29, 1.82) is 0 Å². The summed E-state index contributed by atoms with van der Waals surface area (Å²) in [5, 5.41) is 11.3. The maximum absolute atomic E-state index is 14.0. The highest BCUT2D eigenvalue weighted by Crippen LogP contribution is 2.65. The molecule has 4 aliphatic rings. The number of piperidine rings is 1. The number of benzene rings is 2. The van der Waals surface area contributed by atoms with E-state index in [1.165, 1.54) is 57.4 Å². The maximum Gasteiger partial charge on any atom is 0.308 e. The molecule has 1 amide bonds. The van der Waals surface area contributed by atoms with Gasteiger partial charge in [-0.25, -0.2) is 0 Å². The summed E-state index contributed by atoms with van der Waals surface area (Å²) in [5.74, 6) is 1.17. The molecule has 2 aliphatic carbocycles. The van der Waals surface area contributed by atoms with Gasteiger partial charge in [-0.05, 0) is 76.8 Å². The number of esters is 1. The number of carbonyl (C=O) groups excluding carboxylic acids is 2. The minimum absolute atomic E-state index is 0.0414. The second kappa shape index (κ2) is 15.1. The van der Waals surface area contributed by atoms with E-state index >= 15 is 0 Å². The lowest BCUT2D eigenvalue weighted by atomic mass is 9.50. The molecule has 0 unspecified atom stereocenters. The fourth-order valence-corrected chi connectivity index (χ4v) is 9.85. The zero-order valence-corrected chi connectivity index (χ0v) is 29.4. The van der Waals surface area contributed by atoms with Gasteiger partial charge in [-0.1, -0.05) is 74.9 Å². The largest absolute Gasteiger partial charge is 0.508 e. The molecule has 1 saturated heterocycles. The molecule has 2 aromatic rings. The van der Waals surface area contributed by atoms with E-state index in [0.29, 0.717) is 23.8 Å². The lowest BCUT2D eigenvalue weighted by Crippen LogP contribution is -2.69. The van der Waals surface area contributed by atoms with Crippen molar-refractivity contribution in [3.8, 4) is 17.2 Å². The van der Waals surface area contributed by atoms with Gasteiger partial charge in [-0.2, -0.15) is 0 Å². The number of carbonyl (C=O) groups is 2. The molecular formula is C41H56N2O5. The van der Waals surface area contributed by atoms with Crippen molar-refractivity contribution in [3.63, 3.8) is 0 Å². The highest BCUT2D eigenvalue weighted by Gasteiger charge is 2.67. The Morgan fingerprint density at radius 2 is 1.79 bits per heavy atom. The standard InChI is InChI=1S/C41H56N2O5/c1-5-24-42-25-23-41-32-21-22-33(40(41)48-39-36(47-29(4)44)27-35(45)31(38(39)41)26-34(32)42)43(28(2)3)37(46)20-16-11-9-7-6-8-10-13-17-30-18-14-12-15-19-30/h5,12,14-15,18-19,27-28,32-34,40,45H,1,6-11,13,16-17,20-26H2,2-4H3/t32-,33+,34+,40-,41-/m0/s1. The molecule has 6 rings (SSSR count). The molecule has 5 atom stereocenters. The predicted octanol–water partition coefficient (Wildman–Crippen LogP) is 7.90. The average Bonchev–Trinajstić information content (AvgIpc) is 3.40. The first-order chi connectivity index (χ1) is 23.3. The minimum atomic E-state index is -0.439. The summed E-state index contributed by atoms with van der Waals surface area (Å²) in [4.78, 5) is 30.8. The molecule has 7 nitrogen and oxygen atoms in total. The number of nitrogens with zero attached hydrogens (tertiary/aromatic N) is 2. The first-order valence-electron chi connectivity index (χ1n) is 18.7. The van der Waals surface area contributed by atoms with Crippen LogP contribution >= 0.6 is 0 Å². The van der Waals surface area contributed by atoms with E-state index in [1.807, 2.05) is 6.08 Å². The number of rotatable bonds is 16. The zero-order chi connectivity index (χ0) is 33.8. The Morgan fingerprint density at radius 3 is 2.48 bits per heavy atom. The van der Waals surface area contributed by atoms with Gasteiger partial charge in [-0.3, -0.25) is 14.5 Å². The van der Waals surface area contributed by atoms with Crippen LogP contribution in [-0.4, -0.2) is 64.1 Å². The van der Waals surface area contributed by atoms with Crippen LogP contribution in [0.25, 0.3) is 0 Å². The minimum Gasteiger partial charge on any atom is -0.508 e. The highest BCUT2D eigenvalue weighted by molar-refractivity contribution is 5.77. The molecule has 48 heavy (non-hydrogen) atoms. The second-order valence-corrected chi connectivity index (χ2v) is 15.0. The second-order valence-electron chi connectivity index (χ2n) is 15.0. The fraction of sp³-hybridized carbons (Fsp3) is 0.610. The van der Waals surface area contributed by atoms with Crippen LogP contribution in [0.3, 0.4) is 0 Å². The van der Waals surface area contributed by atoms with Crippen LogP contribution in [0.2, 0.25) is 0 Å². The van der Waals surface area contributed by atoms with Gasteiger partial charge >= 0.3 is 5.97 Å². The SMILES string of the molecule is C=CCN1CC[C@]23c4c5c(O)cc(OC(C)=O)c4O[C@H]2[C@H](N(C(=O)CCCCCCCCCCc2ccccc2)C(C)C)CC[C@H]3[C@H]1C5. The van der Waals surface area contributed by atoms with Gasteiger partial charge in [0.15, 0.2) is 11.5 Å². The lowest BCUT2D eigenvalue weighted by molar-refractivity contribution is -0.145. The van der Waals surface area contributed by atoms with Crippen LogP contribution < -0.4 is 9.47 Å². The summed E-state index contributed by atoms with van der Waals surface area (Å²) in [6.07, 6.45) is 16.4. The summed E-state index contributed by atoms with van der Waals surface area (Å²) in [5.41, 5.74) is 3.04. The molecule has 0 radical (unpaired) electrons. The molecule has 2 fully saturated rings. The van der Waals surface area contributed by atoms with Gasteiger partial charge in [-0.15, -0.1) is 6.58 Å². The average molecular weight is 657 g/mol. The molecule has 1 saturated carbocycles. The number of hydrogen-bond acceptors (Lipinski definition) is 6. The highest BCUT2D eigenvalue weighted by atomic mass is 16.6. The van der Waals surface area contributed by atoms with E-state index in [4.69, 9.17) is 9.47 Å². The fourth-order valence-electron chi connectivity index (χ4n) is 9.85. The number of phenolic OH excluding ortho intramolecular Hbond substituents is 1. The molecule has 0 aromatic heterocycles. The van der Waals surface area contributed by atoms with Gasteiger partial charge in [0.05, 0.1) is 6.04 Å². The van der Waals surface area contributed by atoms with Crippen LogP contribution in [0.5, 0.6) is 17.2 Å². The Hall–Kier alpha value is -3.32. The number of unbranched alkanes of at least 4 members (excludes halogenated alkanes) is 7. The molecular weight excluding hydrogens is 600 g/mol. The first kappa shape index (κ1) is 34.5. The Balaban J connectivity index is 1.10. The Kier molecular flexibility index (Phi) is 10.8. The third kappa shape index (κ3) is 6.64. The van der Waals surface area contributed by atoms with Gasteiger partial charge < -0.3 is 19.5 Å². The third-order valence-electron chi connectivity index (χ3n) is 11.8. The number of hydrogen-bond donors (Lipinski definition) is 1. The van der Waals surface area contributed by atoms with Crippen LogP contribution in [-0.2, 0) is 27.8 Å². The van der Waals surface area contributed by atoms with E-state index in [1.54, 1.807) is 6.07 Å². The van der Waals surface area contributed by atoms with Crippen molar-refractivity contribution >= 4 is 11.9 Å². The third-order valence-corrected chi connectivity index (χ3v) is 11.8. The molecule has 2 aliphatic heterocycles. The van der Waals surface area contributed by atoms with Gasteiger partial charge in [0.25, 0.3) is 0 Å². The van der Waals surface area contributed by atoms with E-state index in [0.717, 1.165) is 62.7 Å². The quantitative estimate of drug-likeness (QED) is 0.0857. The van der Waals surface area contributed by atoms with Gasteiger partial charge in [0.1, 0.15) is 11.9 Å². The van der Waals surface area contributed by atoms with Crippen molar-refractivity contribution in [2.75, 3.05) is 13.1 Å². The van der Waals surface area contributed by atoms with Crippen molar-refractivity contribution in [2.24, 2.45) is 5.92 Å². The molecule has 2 bridgehead atoms. The lowest BCUT2D eigenvalue weighted by Gasteiger charge is -2.60. The van der Waals surface area contributed by atoms with E-state index in [-0.39, 0.29) is 41.3 Å². The zero-order valence-electron chi connectivity index (χ0n) is 29.4. The maximum atomic E-state index is 14.0. The van der Waals surface area contributed by atoms with Gasteiger partial charge in [0.2, 0.25) is 5.91 Å². The Labute approximate surface area is 287 Å². The van der Waals surface area contributed by atoms with Crippen LogP contribution in [0, 0.1) is 5.92 Å². The number of aryl methyl sites for hydroxylation is 1. The topological polar surface area (TPSA) is 79.3 Å². The van der Waals surface area contributed by atoms with Crippen molar-refractivity contribution in [1.82, 2.24) is 9.80 Å². The van der Waals surface area contributed by atoms with E-state index in [2.05, 4.69) is 60.6 Å². The van der Waals surface area contributed by atoms with Crippen LogP contribution in [0.15, 0.2) is 49.1 Å². The number of phenols is 1. The summed E-state index contributed by atoms with van der Waals surface area (Å²) < 4.78 is 12.6. The first-order valence-corrected chi connectivity index (χ1v) is 18.7. The summed E-state index contributed by atoms with van der Waals surface area (Å²) in [6.45, 7) is 11.4. The van der Waals surface area contributed by atoms with Crippen LogP contribution in [0.4, 0.5) is 0 Å². The monoisotopic (exact) mass is 656 g/mol. The molecule has 1 N–H and O–H groups in total. The number of amides is 1. The van der Waals surface area contributed by atoms with E-state index < -0.39 is 5.97 Å². The normalized spacial score (nSPS) is 25.3. The van der Waals surface area contributed by atoms with Crippen LogP contribution in [0.1, 0.15) is 115 Å². The molecule has 260 valence electrons. The number of aromatic hydroxyl groups is 1. The molecule has 1 spiro atoms. The van der Waals surface area contributed by atoms with Crippen molar-refractivity contribution < 1.29 is 24.2 Å². The van der Waals surface area contributed by atoms with Crippen molar-refractivity contribution in [3.05, 3.63) is 65.7 Å². The molecule has 2 aromatic carbocycles.